The number of hydrogen-bond donors (Lipinski definition) is 2. The smallest absolute Gasteiger partial charge is 0.274 e. The molecule has 0 saturated heterocycles. The molecule has 0 aliphatic rings. The van der Waals surface area contributed by atoms with E-state index in [-0.39, 0.29) is 23.2 Å². The van der Waals surface area contributed by atoms with Gasteiger partial charge in [-0.05, 0) is 55.3 Å². The minimum atomic E-state index is -0.359. The largest absolute Gasteiger partial charge is 0.345 e. The van der Waals surface area contributed by atoms with E-state index in [4.69, 9.17) is 0 Å². The number of carbonyl (C=O) groups excluding carboxylic acids is 2. The van der Waals surface area contributed by atoms with Gasteiger partial charge in [-0.2, -0.15) is 0 Å². The zero-order valence-electron chi connectivity index (χ0n) is 15.2. The number of rotatable bonds is 5. The Bertz CT molecular complexity index is 971. The number of nitrogens with zero attached hydrogens (tertiary/aromatic N) is 2. The predicted octanol–water partition coefficient (Wildman–Crippen LogP) is 3.28. The Morgan fingerprint density at radius 2 is 1.70 bits per heavy atom. The summed E-state index contributed by atoms with van der Waals surface area (Å²) in [5, 5.41) is 5.60. The maximum Gasteiger partial charge on any atom is 0.274 e. The molecule has 6 heteroatoms. The van der Waals surface area contributed by atoms with E-state index in [1.165, 1.54) is 0 Å². The molecule has 0 spiro atoms. The molecule has 0 radical (unpaired) electrons. The van der Waals surface area contributed by atoms with Crippen LogP contribution in [0.3, 0.4) is 0 Å². The van der Waals surface area contributed by atoms with Crippen LogP contribution < -0.4 is 10.6 Å². The molecule has 0 unspecified atom stereocenters. The zero-order chi connectivity index (χ0) is 19.2. The third kappa shape index (κ3) is 4.76. The van der Waals surface area contributed by atoms with E-state index in [0.29, 0.717) is 6.54 Å². The SMILES string of the molecule is Cc1ccc(C)c(NC(=O)c2cccc(C(=O)NCc3ccccn3)n2)c1. The van der Waals surface area contributed by atoms with Crippen molar-refractivity contribution < 1.29 is 9.59 Å². The Morgan fingerprint density at radius 1 is 0.926 bits per heavy atom. The Morgan fingerprint density at radius 3 is 2.44 bits per heavy atom. The summed E-state index contributed by atoms with van der Waals surface area (Å²) in [6.45, 7) is 4.17. The fourth-order valence-electron chi connectivity index (χ4n) is 2.51. The highest BCUT2D eigenvalue weighted by molar-refractivity contribution is 6.04. The van der Waals surface area contributed by atoms with Crippen LogP contribution >= 0.6 is 0 Å². The van der Waals surface area contributed by atoms with Crippen LogP contribution in [0.5, 0.6) is 0 Å². The zero-order valence-corrected chi connectivity index (χ0v) is 15.2. The molecular formula is C21H20N4O2. The normalized spacial score (nSPS) is 10.3. The number of aromatic nitrogens is 2. The molecule has 2 heterocycles. The van der Waals surface area contributed by atoms with E-state index in [0.717, 1.165) is 22.5 Å². The molecule has 27 heavy (non-hydrogen) atoms. The summed E-state index contributed by atoms with van der Waals surface area (Å²) in [4.78, 5) is 33.2. The van der Waals surface area contributed by atoms with E-state index in [1.807, 2.05) is 50.2 Å². The molecule has 0 aliphatic carbocycles. The first kappa shape index (κ1) is 18.3. The van der Waals surface area contributed by atoms with Crippen LogP contribution in [-0.4, -0.2) is 21.8 Å². The lowest BCUT2D eigenvalue weighted by Crippen LogP contribution is -2.25. The highest BCUT2D eigenvalue weighted by Crippen LogP contribution is 2.17. The molecule has 1 aromatic carbocycles. The molecule has 2 amide bonds. The number of hydrogen-bond acceptors (Lipinski definition) is 4. The third-order valence-electron chi connectivity index (χ3n) is 4.01. The maximum absolute atomic E-state index is 12.5. The second-order valence-corrected chi connectivity index (χ2v) is 6.18. The van der Waals surface area contributed by atoms with Gasteiger partial charge in [-0.15, -0.1) is 0 Å². The standard InChI is InChI=1S/C21H20N4O2/c1-14-9-10-15(2)19(12-14)25-21(27)18-8-5-7-17(24-18)20(26)23-13-16-6-3-4-11-22-16/h3-12H,13H2,1-2H3,(H,23,26)(H,25,27). The molecule has 6 nitrogen and oxygen atoms in total. The molecule has 0 bridgehead atoms. The second-order valence-electron chi connectivity index (χ2n) is 6.18. The van der Waals surface area contributed by atoms with Crippen molar-refractivity contribution in [3.63, 3.8) is 0 Å². The first-order chi connectivity index (χ1) is 13.0. The lowest BCUT2D eigenvalue weighted by molar-refractivity contribution is 0.0945. The van der Waals surface area contributed by atoms with E-state index >= 15 is 0 Å². The van der Waals surface area contributed by atoms with Crippen molar-refractivity contribution >= 4 is 17.5 Å². The van der Waals surface area contributed by atoms with Crippen LogP contribution in [0, 0.1) is 13.8 Å². The Hall–Kier alpha value is -3.54. The van der Waals surface area contributed by atoms with Crippen LogP contribution in [0.15, 0.2) is 60.8 Å². The van der Waals surface area contributed by atoms with Crippen molar-refractivity contribution in [2.24, 2.45) is 0 Å². The number of amides is 2. The number of aryl methyl sites for hydroxylation is 2. The molecule has 0 atom stereocenters. The molecule has 0 saturated carbocycles. The molecular weight excluding hydrogens is 340 g/mol. The van der Waals surface area contributed by atoms with Gasteiger partial charge in [0.1, 0.15) is 11.4 Å². The van der Waals surface area contributed by atoms with E-state index in [2.05, 4.69) is 20.6 Å². The number of pyridine rings is 2. The fraction of sp³-hybridized carbons (Fsp3) is 0.143. The van der Waals surface area contributed by atoms with Gasteiger partial charge in [-0.3, -0.25) is 14.6 Å². The molecule has 2 aromatic heterocycles. The molecule has 3 rings (SSSR count). The highest BCUT2D eigenvalue weighted by atomic mass is 16.2. The van der Waals surface area contributed by atoms with Crippen LogP contribution in [0.25, 0.3) is 0 Å². The van der Waals surface area contributed by atoms with Gasteiger partial charge >= 0.3 is 0 Å². The monoisotopic (exact) mass is 360 g/mol. The van der Waals surface area contributed by atoms with Gasteiger partial charge in [-0.1, -0.05) is 24.3 Å². The molecule has 3 aromatic rings. The molecule has 136 valence electrons. The van der Waals surface area contributed by atoms with Crippen molar-refractivity contribution in [2.45, 2.75) is 20.4 Å². The van der Waals surface area contributed by atoms with Gasteiger partial charge in [0.2, 0.25) is 0 Å². The predicted molar refractivity (Wildman–Crippen MR) is 104 cm³/mol. The minimum absolute atomic E-state index is 0.180. The first-order valence-corrected chi connectivity index (χ1v) is 8.57. The van der Waals surface area contributed by atoms with Gasteiger partial charge < -0.3 is 10.6 Å². The van der Waals surface area contributed by atoms with Gasteiger partial charge in [0, 0.05) is 11.9 Å². The summed E-state index contributed by atoms with van der Waals surface area (Å²) in [7, 11) is 0. The summed E-state index contributed by atoms with van der Waals surface area (Å²) >= 11 is 0. The quantitative estimate of drug-likeness (QED) is 0.731. The average Bonchev–Trinajstić information content (AvgIpc) is 2.69. The lowest BCUT2D eigenvalue weighted by atomic mass is 10.1. The second kappa shape index (κ2) is 8.23. The topological polar surface area (TPSA) is 84.0 Å². The first-order valence-electron chi connectivity index (χ1n) is 8.57. The molecule has 0 fully saturated rings. The van der Waals surface area contributed by atoms with Gasteiger partial charge in [-0.25, -0.2) is 4.98 Å². The summed E-state index contributed by atoms with van der Waals surface area (Å²) in [5.41, 5.74) is 3.84. The summed E-state index contributed by atoms with van der Waals surface area (Å²) in [6.07, 6.45) is 1.66. The third-order valence-corrected chi connectivity index (χ3v) is 4.01. The number of anilines is 1. The van der Waals surface area contributed by atoms with Gasteiger partial charge in [0.25, 0.3) is 11.8 Å². The van der Waals surface area contributed by atoms with Crippen molar-refractivity contribution in [3.8, 4) is 0 Å². The molecule has 2 N–H and O–H groups in total. The van der Waals surface area contributed by atoms with Gasteiger partial charge in [0.05, 0.1) is 12.2 Å². The van der Waals surface area contributed by atoms with Crippen LogP contribution in [0.1, 0.15) is 37.8 Å². The number of benzene rings is 1. The van der Waals surface area contributed by atoms with E-state index in [1.54, 1.807) is 24.4 Å². The van der Waals surface area contributed by atoms with Crippen LogP contribution in [-0.2, 0) is 6.54 Å². The number of nitrogens with one attached hydrogen (secondary N) is 2. The van der Waals surface area contributed by atoms with Crippen LogP contribution in [0.2, 0.25) is 0 Å². The average molecular weight is 360 g/mol. The lowest BCUT2D eigenvalue weighted by Gasteiger charge is -2.10. The Balaban J connectivity index is 1.69. The summed E-state index contributed by atoms with van der Waals surface area (Å²) < 4.78 is 0. The van der Waals surface area contributed by atoms with E-state index in [9.17, 15) is 9.59 Å². The molecule has 0 aliphatic heterocycles. The van der Waals surface area contributed by atoms with Crippen molar-refractivity contribution in [1.82, 2.24) is 15.3 Å². The Kier molecular flexibility index (Phi) is 5.56. The summed E-state index contributed by atoms with van der Waals surface area (Å²) in [5.74, 6) is -0.717. The minimum Gasteiger partial charge on any atom is -0.345 e. The van der Waals surface area contributed by atoms with Crippen molar-refractivity contribution in [2.75, 3.05) is 5.32 Å². The fourth-order valence-corrected chi connectivity index (χ4v) is 2.51. The number of carbonyl (C=O) groups is 2. The van der Waals surface area contributed by atoms with Crippen LogP contribution in [0.4, 0.5) is 5.69 Å². The Labute approximate surface area is 157 Å². The van der Waals surface area contributed by atoms with Gasteiger partial charge in [0.15, 0.2) is 0 Å². The van der Waals surface area contributed by atoms with E-state index < -0.39 is 0 Å². The van der Waals surface area contributed by atoms with Crippen molar-refractivity contribution in [3.05, 3.63) is 89.0 Å². The maximum atomic E-state index is 12.5. The summed E-state index contributed by atoms with van der Waals surface area (Å²) in [6, 6.07) is 16.1. The highest BCUT2D eigenvalue weighted by Gasteiger charge is 2.13. The van der Waals surface area contributed by atoms with Crippen molar-refractivity contribution in [1.29, 1.82) is 0 Å².